The van der Waals surface area contributed by atoms with E-state index < -0.39 is 10.0 Å². The zero-order valence-corrected chi connectivity index (χ0v) is 12.0. The van der Waals surface area contributed by atoms with Crippen molar-refractivity contribution < 1.29 is 13.2 Å². The van der Waals surface area contributed by atoms with Gasteiger partial charge in [-0.1, -0.05) is 0 Å². The van der Waals surface area contributed by atoms with E-state index in [2.05, 4.69) is 15.4 Å². The Morgan fingerprint density at radius 3 is 2.75 bits per heavy atom. The van der Waals surface area contributed by atoms with Crippen molar-refractivity contribution in [3.63, 3.8) is 0 Å². The normalized spacial score (nSPS) is 19.4. The highest BCUT2D eigenvalue weighted by Gasteiger charge is 2.22. The maximum Gasteiger partial charge on any atom is 0.242 e. The van der Waals surface area contributed by atoms with E-state index in [1.54, 1.807) is 6.07 Å². The van der Waals surface area contributed by atoms with Crippen LogP contribution >= 0.6 is 0 Å². The van der Waals surface area contributed by atoms with Gasteiger partial charge in [-0.15, -0.1) is 0 Å². The van der Waals surface area contributed by atoms with E-state index in [1.807, 2.05) is 0 Å². The standard InChI is InChI=1S/C12H18N4O3S/c1-14-20(18,19)8-4-5-10(9(13)7-8)16-11-3-2-6-15-12(11)17/h4-5,7,11,14,16H,2-3,6,13H2,1H3,(H,15,17). The molecule has 1 unspecified atom stereocenters. The largest absolute Gasteiger partial charge is 0.397 e. The second kappa shape index (κ2) is 5.68. The quantitative estimate of drug-likeness (QED) is 0.578. The van der Waals surface area contributed by atoms with Crippen LogP contribution in [0.15, 0.2) is 23.1 Å². The number of nitrogens with one attached hydrogen (secondary N) is 3. The molecule has 0 bridgehead atoms. The summed E-state index contributed by atoms with van der Waals surface area (Å²) in [6, 6.07) is 4.06. The molecule has 0 aromatic heterocycles. The summed E-state index contributed by atoms with van der Waals surface area (Å²) in [7, 11) is -2.18. The summed E-state index contributed by atoms with van der Waals surface area (Å²) in [6.45, 7) is 0.686. The van der Waals surface area contributed by atoms with Crippen molar-refractivity contribution in [1.82, 2.24) is 10.0 Å². The van der Waals surface area contributed by atoms with Crippen LogP contribution in [0.2, 0.25) is 0 Å². The third kappa shape index (κ3) is 3.02. The maximum absolute atomic E-state index is 11.7. The van der Waals surface area contributed by atoms with Gasteiger partial charge in [-0.2, -0.15) is 0 Å². The highest BCUT2D eigenvalue weighted by Crippen LogP contribution is 2.24. The Bertz CT molecular complexity index is 615. The van der Waals surface area contributed by atoms with Gasteiger partial charge < -0.3 is 16.4 Å². The van der Waals surface area contributed by atoms with Crippen molar-refractivity contribution in [3.05, 3.63) is 18.2 Å². The van der Waals surface area contributed by atoms with Gasteiger partial charge in [-0.05, 0) is 38.1 Å². The molecule has 110 valence electrons. The van der Waals surface area contributed by atoms with Crippen LogP contribution in [0.4, 0.5) is 11.4 Å². The van der Waals surface area contributed by atoms with Gasteiger partial charge in [0.2, 0.25) is 15.9 Å². The summed E-state index contributed by atoms with van der Waals surface area (Å²) in [6.07, 6.45) is 1.62. The number of benzene rings is 1. The predicted octanol–water partition coefficient (Wildman–Crippen LogP) is -0.133. The molecule has 1 aliphatic heterocycles. The molecule has 8 heteroatoms. The van der Waals surface area contributed by atoms with Gasteiger partial charge in [0, 0.05) is 6.54 Å². The Morgan fingerprint density at radius 1 is 1.40 bits per heavy atom. The average Bonchev–Trinajstić information content (AvgIpc) is 2.43. The number of nitrogen functional groups attached to an aromatic ring is 1. The summed E-state index contributed by atoms with van der Waals surface area (Å²) in [5.74, 6) is -0.0671. The van der Waals surface area contributed by atoms with Crippen LogP contribution in [0.25, 0.3) is 0 Å². The third-order valence-corrected chi connectivity index (χ3v) is 4.63. The van der Waals surface area contributed by atoms with E-state index >= 15 is 0 Å². The topological polar surface area (TPSA) is 113 Å². The molecule has 1 fully saturated rings. The number of hydrogen-bond donors (Lipinski definition) is 4. The number of hydrogen-bond acceptors (Lipinski definition) is 5. The van der Waals surface area contributed by atoms with Crippen LogP contribution in [-0.4, -0.2) is 34.0 Å². The number of rotatable bonds is 4. The van der Waals surface area contributed by atoms with Crippen LogP contribution in [0.3, 0.4) is 0 Å². The zero-order chi connectivity index (χ0) is 14.8. The fourth-order valence-electron chi connectivity index (χ4n) is 2.05. The molecule has 1 aromatic carbocycles. The van der Waals surface area contributed by atoms with Crippen LogP contribution in [0.1, 0.15) is 12.8 Å². The summed E-state index contributed by atoms with van der Waals surface area (Å²) in [4.78, 5) is 11.8. The number of anilines is 2. The molecule has 1 saturated heterocycles. The first-order chi connectivity index (χ1) is 9.44. The van der Waals surface area contributed by atoms with E-state index in [1.165, 1.54) is 19.2 Å². The molecule has 2 rings (SSSR count). The van der Waals surface area contributed by atoms with Crippen LogP contribution in [0, 0.1) is 0 Å². The van der Waals surface area contributed by atoms with E-state index in [0.29, 0.717) is 17.9 Å². The van der Waals surface area contributed by atoms with Crippen LogP contribution in [0.5, 0.6) is 0 Å². The molecule has 1 aromatic rings. The molecule has 0 spiro atoms. The summed E-state index contributed by atoms with van der Waals surface area (Å²) >= 11 is 0. The SMILES string of the molecule is CNS(=O)(=O)c1ccc(NC2CCCNC2=O)c(N)c1. The molecule has 20 heavy (non-hydrogen) atoms. The van der Waals surface area contributed by atoms with Gasteiger partial charge in [0.25, 0.3) is 0 Å². The molecule has 0 radical (unpaired) electrons. The van der Waals surface area contributed by atoms with E-state index in [0.717, 1.165) is 12.8 Å². The maximum atomic E-state index is 11.7. The lowest BCUT2D eigenvalue weighted by atomic mass is 10.1. The Balaban J connectivity index is 2.20. The van der Waals surface area contributed by atoms with Crippen LogP contribution < -0.4 is 21.1 Å². The van der Waals surface area contributed by atoms with Crippen molar-refractivity contribution in [2.24, 2.45) is 0 Å². The van der Waals surface area contributed by atoms with Gasteiger partial charge in [0.15, 0.2) is 0 Å². The van der Waals surface area contributed by atoms with Crippen molar-refractivity contribution >= 4 is 27.3 Å². The van der Waals surface area contributed by atoms with Gasteiger partial charge in [-0.25, -0.2) is 13.1 Å². The number of sulfonamides is 1. The van der Waals surface area contributed by atoms with Gasteiger partial charge in [0.05, 0.1) is 16.3 Å². The van der Waals surface area contributed by atoms with Crippen LogP contribution in [-0.2, 0) is 14.8 Å². The molecule has 0 saturated carbocycles. The first kappa shape index (κ1) is 14.6. The molecule has 1 amide bonds. The number of piperidine rings is 1. The number of nitrogens with two attached hydrogens (primary N) is 1. The van der Waals surface area contributed by atoms with E-state index in [9.17, 15) is 13.2 Å². The molecule has 1 atom stereocenters. The van der Waals surface area contributed by atoms with Crippen molar-refractivity contribution in [3.8, 4) is 0 Å². The zero-order valence-electron chi connectivity index (χ0n) is 11.1. The minimum atomic E-state index is -3.52. The van der Waals surface area contributed by atoms with E-state index in [-0.39, 0.29) is 16.8 Å². The number of amides is 1. The highest BCUT2D eigenvalue weighted by atomic mass is 32.2. The van der Waals surface area contributed by atoms with E-state index in [4.69, 9.17) is 5.73 Å². The summed E-state index contributed by atoms with van der Waals surface area (Å²) in [5.41, 5.74) is 6.70. The predicted molar refractivity (Wildman–Crippen MR) is 76.8 cm³/mol. The Labute approximate surface area is 118 Å². The summed E-state index contributed by atoms with van der Waals surface area (Å²) < 4.78 is 25.5. The lowest BCUT2D eigenvalue weighted by Crippen LogP contribution is -2.44. The monoisotopic (exact) mass is 298 g/mol. The van der Waals surface area contributed by atoms with Crippen molar-refractivity contribution in [2.75, 3.05) is 24.6 Å². The molecule has 7 nitrogen and oxygen atoms in total. The molecule has 5 N–H and O–H groups in total. The summed E-state index contributed by atoms with van der Waals surface area (Å²) in [5, 5.41) is 5.81. The van der Waals surface area contributed by atoms with Gasteiger partial charge >= 0.3 is 0 Å². The second-order valence-electron chi connectivity index (χ2n) is 4.59. The lowest BCUT2D eigenvalue weighted by Gasteiger charge is -2.24. The first-order valence-corrected chi connectivity index (χ1v) is 7.79. The fraction of sp³-hybridized carbons (Fsp3) is 0.417. The Kier molecular flexibility index (Phi) is 4.15. The lowest BCUT2D eigenvalue weighted by molar-refractivity contribution is -0.123. The minimum absolute atomic E-state index is 0.0671. The second-order valence-corrected chi connectivity index (χ2v) is 6.47. The first-order valence-electron chi connectivity index (χ1n) is 6.31. The smallest absolute Gasteiger partial charge is 0.242 e. The highest BCUT2D eigenvalue weighted by molar-refractivity contribution is 7.89. The molecule has 1 heterocycles. The fourth-order valence-corrected chi connectivity index (χ4v) is 2.82. The molecular weight excluding hydrogens is 280 g/mol. The molecule has 1 aliphatic rings. The number of carbonyl (C=O) groups excluding carboxylic acids is 1. The number of carbonyl (C=O) groups is 1. The molecular formula is C12H18N4O3S. The van der Waals surface area contributed by atoms with Gasteiger partial charge in [0.1, 0.15) is 6.04 Å². The Hall–Kier alpha value is -1.80. The molecule has 0 aliphatic carbocycles. The minimum Gasteiger partial charge on any atom is -0.397 e. The third-order valence-electron chi connectivity index (χ3n) is 3.22. The Morgan fingerprint density at radius 2 is 2.15 bits per heavy atom. The van der Waals surface area contributed by atoms with Gasteiger partial charge in [-0.3, -0.25) is 4.79 Å². The average molecular weight is 298 g/mol. The van der Waals surface area contributed by atoms with Crippen molar-refractivity contribution in [2.45, 2.75) is 23.8 Å². The van der Waals surface area contributed by atoms with Crippen molar-refractivity contribution in [1.29, 1.82) is 0 Å².